The van der Waals surface area contributed by atoms with Crippen molar-refractivity contribution in [2.75, 3.05) is 20.3 Å². The third kappa shape index (κ3) is 6.95. The minimum Gasteiger partial charge on any atom is -0.382 e. The standard InChI is InChI=1S/C26H28F3N3O5/c1-17(33)31-14-21(19-11-7-4-8-12-19)32(25(36)22(31)16-37-2)15-23(34)30-20(24(35)26(27,28)29)13-18-9-5-3-6-10-18/h3-12,14,20,22,24,35H,13,15-16H2,1-2H3,(H,30,34). The van der Waals surface area contributed by atoms with Crippen LogP contribution in [-0.2, 0) is 25.5 Å². The lowest BCUT2D eigenvalue weighted by Crippen LogP contribution is -2.57. The Morgan fingerprint density at radius 2 is 1.68 bits per heavy atom. The van der Waals surface area contributed by atoms with Crippen LogP contribution < -0.4 is 5.32 Å². The van der Waals surface area contributed by atoms with Crippen LogP contribution >= 0.6 is 0 Å². The maximum absolute atomic E-state index is 13.4. The first-order valence-electron chi connectivity index (χ1n) is 11.5. The van der Waals surface area contributed by atoms with Crippen LogP contribution in [-0.4, -0.2) is 77.3 Å². The molecule has 8 nitrogen and oxygen atoms in total. The summed E-state index contributed by atoms with van der Waals surface area (Å²) in [7, 11) is 1.35. The number of amides is 3. The molecule has 2 N–H and O–H groups in total. The van der Waals surface area contributed by atoms with Crippen LogP contribution in [0.25, 0.3) is 5.70 Å². The second kappa shape index (κ2) is 12.0. The number of nitrogens with zero attached hydrogens (tertiary/aromatic N) is 2. The Balaban J connectivity index is 1.91. The second-order valence-electron chi connectivity index (χ2n) is 8.55. The third-order valence-electron chi connectivity index (χ3n) is 5.86. The Labute approximate surface area is 212 Å². The van der Waals surface area contributed by atoms with Crippen LogP contribution in [0.2, 0.25) is 0 Å². The van der Waals surface area contributed by atoms with E-state index in [0.717, 1.165) is 4.90 Å². The van der Waals surface area contributed by atoms with Crippen LogP contribution in [0.15, 0.2) is 66.9 Å². The Bertz CT molecular complexity index is 1130. The van der Waals surface area contributed by atoms with E-state index in [1.165, 1.54) is 25.1 Å². The number of hydrogen-bond donors (Lipinski definition) is 2. The number of ether oxygens (including phenoxy) is 1. The van der Waals surface area contributed by atoms with Crippen LogP contribution in [0.1, 0.15) is 18.1 Å². The van der Waals surface area contributed by atoms with Gasteiger partial charge in [0.2, 0.25) is 11.8 Å². The van der Waals surface area contributed by atoms with Crippen molar-refractivity contribution >= 4 is 23.4 Å². The first-order chi connectivity index (χ1) is 17.5. The van der Waals surface area contributed by atoms with Gasteiger partial charge < -0.3 is 20.1 Å². The summed E-state index contributed by atoms with van der Waals surface area (Å²) in [5.41, 5.74) is 1.22. The van der Waals surface area contributed by atoms with Gasteiger partial charge in [0.25, 0.3) is 5.91 Å². The minimum atomic E-state index is -4.98. The van der Waals surface area contributed by atoms with E-state index < -0.39 is 48.6 Å². The van der Waals surface area contributed by atoms with E-state index in [0.29, 0.717) is 11.1 Å². The molecule has 3 amide bonds. The zero-order chi connectivity index (χ0) is 27.2. The molecule has 3 atom stereocenters. The summed E-state index contributed by atoms with van der Waals surface area (Å²) in [6, 6.07) is 13.9. The van der Waals surface area contributed by atoms with E-state index in [9.17, 15) is 32.7 Å². The molecule has 2 aromatic carbocycles. The molecule has 0 fully saturated rings. The molecule has 3 rings (SSSR count). The monoisotopic (exact) mass is 519 g/mol. The number of halogens is 3. The van der Waals surface area contributed by atoms with E-state index in [2.05, 4.69) is 5.32 Å². The van der Waals surface area contributed by atoms with E-state index in [1.807, 2.05) is 0 Å². The number of carbonyl (C=O) groups excluding carboxylic acids is 3. The summed E-state index contributed by atoms with van der Waals surface area (Å²) in [4.78, 5) is 41.0. The van der Waals surface area contributed by atoms with Crippen LogP contribution in [0.4, 0.5) is 13.2 Å². The number of rotatable bonds is 9. The Kier molecular flexibility index (Phi) is 9.06. The van der Waals surface area contributed by atoms with Crippen LogP contribution in [0.3, 0.4) is 0 Å². The number of benzene rings is 2. The summed E-state index contributed by atoms with van der Waals surface area (Å²) in [5, 5.41) is 12.2. The average Bonchev–Trinajstić information content (AvgIpc) is 2.86. The summed E-state index contributed by atoms with van der Waals surface area (Å²) in [5.74, 6) is -1.97. The lowest BCUT2D eigenvalue weighted by molar-refractivity contribution is -0.212. The molecule has 0 bridgehead atoms. The van der Waals surface area contributed by atoms with E-state index in [1.54, 1.807) is 60.7 Å². The predicted octanol–water partition coefficient (Wildman–Crippen LogP) is 2.34. The van der Waals surface area contributed by atoms with Crippen molar-refractivity contribution in [3.63, 3.8) is 0 Å². The first kappa shape index (κ1) is 27.9. The Hall–Kier alpha value is -3.70. The lowest BCUT2D eigenvalue weighted by atomic mass is 10.0. The summed E-state index contributed by atoms with van der Waals surface area (Å²) >= 11 is 0. The molecule has 11 heteroatoms. The molecular formula is C26H28F3N3O5. The lowest BCUT2D eigenvalue weighted by Gasteiger charge is -2.39. The largest absolute Gasteiger partial charge is 0.416 e. The Morgan fingerprint density at radius 3 is 2.22 bits per heavy atom. The van der Waals surface area contributed by atoms with Gasteiger partial charge in [0.05, 0.1) is 18.3 Å². The number of alkyl halides is 3. The number of aliphatic hydroxyl groups is 1. The quantitative estimate of drug-likeness (QED) is 0.530. The molecule has 1 aliphatic rings. The smallest absolute Gasteiger partial charge is 0.382 e. The van der Waals surface area contributed by atoms with Gasteiger partial charge >= 0.3 is 6.18 Å². The highest BCUT2D eigenvalue weighted by molar-refractivity contribution is 5.99. The zero-order valence-corrected chi connectivity index (χ0v) is 20.3. The summed E-state index contributed by atoms with van der Waals surface area (Å²) in [6.45, 7) is 0.490. The Morgan fingerprint density at radius 1 is 1.08 bits per heavy atom. The van der Waals surface area contributed by atoms with Crippen molar-refractivity contribution in [3.05, 3.63) is 78.0 Å². The van der Waals surface area contributed by atoms with E-state index in [-0.39, 0.29) is 18.7 Å². The SMILES string of the molecule is COCC1C(=O)N(CC(=O)NC(Cc2ccccc2)C(O)C(F)(F)F)C(c2ccccc2)=CN1C(C)=O. The van der Waals surface area contributed by atoms with Gasteiger partial charge in [-0.05, 0) is 17.5 Å². The van der Waals surface area contributed by atoms with Crippen molar-refractivity contribution in [1.29, 1.82) is 0 Å². The van der Waals surface area contributed by atoms with Crippen molar-refractivity contribution in [2.45, 2.75) is 37.7 Å². The van der Waals surface area contributed by atoms with Gasteiger partial charge in [0.15, 0.2) is 6.10 Å². The predicted molar refractivity (Wildman–Crippen MR) is 128 cm³/mol. The fourth-order valence-electron chi connectivity index (χ4n) is 4.06. The maximum Gasteiger partial charge on any atom is 0.416 e. The third-order valence-corrected chi connectivity index (χ3v) is 5.86. The molecule has 198 valence electrons. The van der Waals surface area contributed by atoms with E-state index >= 15 is 0 Å². The molecule has 0 aromatic heterocycles. The molecular weight excluding hydrogens is 491 g/mol. The number of nitrogens with one attached hydrogen (secondary N) is 1. The molecule has 0 saturated carbocycles. The number of methoxy groups -OCH3 is 1. The van der Waals surface area contributed by atoms with Gasteiger partial charge in [0, 0.05) is 20.2 Å². The summed E-state index contributed by atoms with van der Waals surface area (Å²) in [6.07, 6.45) is -6.67. The first-order valence-corrected chi connectivity index (χ1v) is 11.5. The maximum atomic E-state index is 13.4. The molecule has 1 heterocycles. The van der Waals surface area contributed by atoms with Crippen molar-refractivity contribution < 1.29 is 37.4 Å². The van der Waals surface area contributed by atoms with Crippen molar-refractivity contribution in [3.8, 4) is 0 Å². The second-order valence-corrected chi connectivity index (χ2v) is 8.55. The number of hydrogen-bond acceptors (Lipinski definition) is 5. The van der Waals surface area contributed by atoms with E-state index in [4.69, 9.17) is 4.74 Å². The molecule has 37 heavy (non-hydrogen) atoms. The fourth-order valence-corrected chi connectivity index (χ4v) is 4.06. The number of aliphatic hydroxyl groups excluding tert-OH is 1. The van der Waals surface area contributed by atoms with Crippen LogP contribution in [0.5, 0.6) is 0 Å². The minimum absolute atomic E-state index is 0.154. The zero-order valence-electron chi connectivity index (χ0n) is 20.3. The molecule has 2 aromatic rings. The topological polar surface area (TPSA) is 99.2 Å². The normalized spacial score (nSPS) is 17.7. The highest BCUT2D eigenvalue weighted by atomic mass is 19.4. The fraction of sp³-hybridized carbons (Fsp3) is 0.346. The average molecular weight is 520 g/mol. The van der Waals surface area contributed by atoms with Gasteiger partial charge in [0.1, 0.15) is 12.6 Å². The molecule has 3 unspecified atom stereocenters. The van der Waals surface area contributed by atoms with Gasteiger partial charge in [-0.2, -0.15) is 13.2 Å². The van der Waals surface area contributed by atoms with Crippen molar-refractivity contribution in [2.24, 2.45) is 0 Å². The van der Waals surface area contributed by atoms with Gasteiger partial charge in [-0.3, -0.25) is 19.3 Å². The number of carbonyl (C=O) groups is 3. The van der Waals surface area contributed by atoms with Crippen LogP contribution in [0, 0.1) is 0 Å². The highest BCUT2D eigenvalue weighted by Crippen LogP contribution is 2.28. The van der Waals surface area contributed by atoms with Crippen molar-refractivity contribution in [1.82, 2.24) is 15.1 Å². The molecule has 0 spiro atoms. The molecule has 0 radical (unpaired) electrons. The summed E-state index contributed by atoms with van der Waals surface area (Å²) < 4.78 is 45.3. The van der Waals surface area contributed by atoms with Gasteiger partial charge in [-0.1, -0.05) is 60.7 Å². The molecule has 0 aliphatic carbocycles. The molecule has 0 saturated heterocycles. The van der Waals surface area contributed by atoms with Gasteiger partial charge in [-0.15, -0.1) is 0 Å². The molecule has 1 aliphatic heterocycles. The van der Waals surface area contributed by atoms with Gasteiger partial charge in [-0.25, -0.2) is 0 Å². The highest BCUT2D eigenvalue weighted by Gasteiger charge is 2.45.